The number of hydrogen-bond donors (Lipinski definition) is 0. The third kappa shape index (κ3) is 10.7. The Balaban J connectivity index is 2.06. The minimum absolute atomic E-state index is 0.0385. The summed E-state index contributed by atoms with van der Waals surface area (Å²) in [5, 5.41) is 0. The van der Waals surface area contributed by atoms with Gasteiger partial charge in [0.05, 0.1) is 26.1 Å². The Labute approximate surface area is 290 Å². The zero-order chi connectivity index (χ0) is 35.4. The van der Waals surface area contributed by atoms with Crippen LogP contribution in [0.25, 0.3) is 0 Å². The molecule has 6 nitrogen and oxygen atoms in total. The Morgan fingerprint density at radius 1 is 0.500 bits per heavy atom. The van der Waals surface area contributed by atoms with Crippen LogP contribution in [0, 0.1) is 47.3 Å². The van der Waals surface area contributed by atoms with Crippen LogP contribution in [0.3, 0.4) is 0 Å². The van der Waals surface area contributed by atoms with Gasteiger partial charge in [0.2, 0.25) is 0 Å². The first-order valence-electron chi connectivity index (χ1n) is 17.9. The van der Waals surface area contributed by atoms with Crippen LogP contribution in [0.1, 0.15) is 104 Å². The minimum atomic E-state index is -0.418. The van der Waals surface area contributed by atoms with Crippen LogP contribution in [0.15, 0.2) is 72.8 Å². The number of benzene rings is 2. The van der Waals surface area contributed by atoms with Crippen molar-refractivity contribution in [1.82, 2.24) is 0 Å². The monoisotopic (exact) mass is 660 g/mol. The van der Waals surface area contributed by atoms with Crippen molar-refractivity contribution in [2.45, 2.75) is 93.3 Å². The quantitative estimate of drug-likeness (QED) is 0.207. The molecule has 6 atom stereocenters. The van der Waals surface area contributed by atoms with Gasteiger partial charge in [-0.15, -0.1) is 0 Å². The molecule has 0 saturated heterocycles. The Morgan fingerprint density at radius 2 is 0.812 bits per heavy atom. The van der Waals surface area contributed by atoms with Crippen molar-refractivity contribution in [2.24, 2.45) is 47.3 Å². The zero-order valence-electron chi connectivity index (χ0n) is 31.0. The van der Waals surface area contributed by atoms with Crippen molar-refractivity contribution in [2.75, 3.05) is 14.2 Å². The SMILES string of the molecule is COc1ccc([C@H]2OC(=O)[C@H](C(C)C)CC=CC[C@@H](C(C)C)[C@@H](c3ccc(OC)cc3)OC(=O)[C@H](C(C)C)CC=CC[C@H]2C(C)C)cc1. The maximum Gasteiger partial charge on any atom is 0.310 e. The average molecular weight is 661 g/mol. The second-order valence-corrected chi connectivity index (χ2v) is 14.7. The Morgan fingerprint density at radius 3 is 1.08 bits per heavy atom. The van der Waals surface area contributed by atoms with Crippen LogP contribution >= 0.6 is 0 Å². The van der Waals surface area contributed by atoms with E-state index in [-0.39, 0.29) is 59.3 Å². The topological polar surface area (TPSA) is 71.1 Å². The molecule has 264 valence electrons. The molecule has 2 aromatic carbocycles. The van der Waals surface area contributed by atoms with Crippen molar-refractivity contribution in [3.8, 4) is 11.5 Å². The van der Waals surface area contributed by atoms with E-state index in [2.05, 4.69) is 79.7 Å². The van der Waals surface area contributed by atoms with Gasteiger partial charge in [-0.1, -0.05) is 104 Å². The number of ether oxygens (including phenoxy) is 4. The summed E-state index contributed by atoms with van der Waals surface area (Å²) < 4.78 is 23.8. The maximum absolute atomic E-state index is 14.0. The number of cyclic esters (lactones) is 2. The standard InChI is InChI=1S/C42H60O6/c1-27(2)35-15-11-13-17-38(30(7)8)42(44)48-40(32-21-25-34(46-10)26-22-32)36(28(3)4)16-12-14-18-37(29(5)6)41(43)47-39(35)31-19-23-33(45-9)24-20-31/h11-14,19-30,35-40H,15-18H2,1-10H3/t35-,36-,37-,38-,39+,40+/m0/s1. The van der Waals surface area contributed by atoms with Crippen molar-refractivity contribution in [1.29, 1.82) is 0 Å². The second kappa shape index (κ2) is 18.9. The third-order valence-corrected chi connectivity index (χ3v) is 10.0. The summed E-state index contributed by atoms with van der Waals surface area (Å²) in [7, 11) is 3.30. The molecule has 6 heteroatoms. The molecule has 1 heterocycles. The summed E-state index contributed by atoms with van der Waals surface area (Å²) in [5.74, 6) is 1.36. The molecule has 3 rings (SSSR count). The molecular weight excluding hydrogens is 600 g/mol. The van der Waals surface area contributed by atoms with E-state index in [1.54, 1.807) is 14.2 Å². The van der Waals surface area contributed by atoms with Crippen LogP contribution in [-0.2, 0) is 19.1 Å². The third-order valence-electron chi connectivity index (χ3n) is 10.0. The predicted molar refractivity (Wildman–Crippen MR) is 194 cm³/mol. The average Bonchev–Trinajstić information content (AvgIpc) is 3.05. The van der Waals surface area contributed by atoms with Gasteiger partial charge >= 0.3 is 11.9 Å². The van der Waals surface area contributed by atoms with E-state index in [1.165, 1.54) is 0 Å². The van der Waals surface area contributed by atoms with Gasteiger partial charge in [-0.3, -0.25) is 9.59 Å². The van der Waals surface area contributed by atoms with Gasteiger partial charge in [0.15, 0.2) is 0 Å². The molecule has 0 fully saturated rings. The molecule has 48 heavy (non-hydrogen) atoms. The highest BCUT2D eigenvalue weighted by molar-refractivity contribution is 5.74. The van der Waals surface area contributed by atoms with E-state index < -0.39 is 12.2 Å². The molecule has 2 aromatic rings. The number of methoxy groups -OCH3 is 2. The molecule has 0 saturated carbocycles. The summed E-state index contributed by atoms with van der Waals surface area (Å²) >= 11 is 0. The predicted octanol–water partition coefficient (Wildman–Crippen LogP) is 10.3. The molecule has 0 amide bonds. The first-order valence-corrected chi connectivity index (χ1v) is 17.9. The van der Waals surface area contributed by atoms with E-state index in [0.717, 1.165) is 22.6 Å². The fourth-order valence-corrected chi connectivity index (χ4v) is 6.58. The highest BCUT2D eigenvalue weighted by Crippen LogP contribution is 2.39. The zero-order valence-corrected chi connectivity index (χ0v) is 31.0. The lowest BCUT2D eigenvalue weighted by molar-refractivity contribution is -0.161. The first-order chi connectivity index (χ1) is 22.9. The van der Waals surface area contributed by atoms with E-state index in [4.69, 9.17) is 18.9 Å². The first kappa shape index (κ1) is 38.9. The molecule has 0 unspecified atom stereocenters. The maximum atomic E-state index is 14.0. The molecule has 0 aromatic heterocycles. The number of allylic oxidation sites excluding steroid dienone is 4. The molecule has 0 aliphatic carbocycles. The highest BCUT2D eigenvalue weighted by Gasteiger charge is 2.34. The number of hydrogen-bond acceptors (Lipinski definition) is 6. The molecule has 0 radical (unpaired) electrons. The lowest BCUT2D eigenvalue weighted by Crippen LogP contribution is -2.30. The summed E-state index contributed by atoms with van der Waals surface area (Å²) in [6, 6.07) is 15.7. The Hall–Kier alpha value is -3.54. The minimum Gasteiger partial charge on any atom is -0.497 e. The van der Waals surface area contributed by atoms with Gasteiger partial charge in [-0.25, -0.2) is 0 Å². The molecule has 1 aliphatic heterocycles. The van der Waals surface area contributed by atoms with Gasteiger partial charge in [0.1, 0.15) is 23.7 Å². The van der Waals surface area contributed by atoms with Gasteiger partial charge in [-0.2, -0.15) is 0 Å². The van der Waals surface area contributed by atoms with Crippen molar-refractivity contribution in [3.63, 3.8) is 0 Å². The largest absolute Gasteiger partial charge is 0.497 e. The van der Waals surface area contributed by atoms with E-state index >= 15 is 0 Å². The van der Waals surface area contributed by atoms with Crippen LogP contribution in [0.4, 0.5) is 0 Å². The fraction of sp³-hybridized carbons (Fsp3) is 0.571. The van der Waals surface area contributed by atoms with Crippen LogP contribution in [-0.4, -0.2) is 26.2 Å². The van der Waals surface area contributed by atoms with Gasteiger partial charge in [-0.05, 0) is 84.7 Å². The molecule has 0 N–H and O–H groups in total. The lowest BCUT2D eigenvalue weighted by Gasteiger charge is -2.32. The molecule has 0 spiro atoms. The van der Waals surface area contributed by atoms with E-state index in [1.807, 2.05) is 48.5 Å². The number of esters is 2. The van der Waals surface area contributed by atoms with Crippen LogP contribution in [0.5, 0.6) is 11.5 Å². The summed E-state index contributed by atoms with van der Waals surface area (Å²) in [6.45, 7) is 17.0. The van der Waals surface area contributed by atoms with E-state index in [0.29, 0.717) is 25.7 Å². The number of rotatable bonds is 8. The highest BCUT2D eigenvalue weighted by atomic mass is 16.5. The van der Waals surface area contributed by atoms with Gasteiger partial charge in [0, 0.05) is 11.8 Å². The lowest BCUT2D eigenvalue weighted by atomic mass is 9.82. The summed E-state index contributed by atoms with van der Waals surface area (Å²) in [4.78, 5) is 27.9. The van der Waals surface area contributed by atoms with Crippen molar-refractivity contribution < 1.29 is 28.5 Å². The van der Waals surface area contributed by atoms with Crippen molar-refractivity contribution >= 4 is 11.9 Å². The van der Waals surface area contributed by atoms with Gasteiger partial charge < -0.3 is 18.9 Å². The van der Waals surface area contributed by atoms with Gasteiger partial charge in [0.25, 0.3) is 0 Å². The Kier molecular flexibility index (Phi) is 15.3. The second-order valence-electron chi connectivity index (χ2n) is 14.7. The van der Waals surface area contributed by atoms with Crippen LogP contribution < -0.4 is 9.47 Å². The molecule has 0 bridgehead atoms. The Bertz CT molecular complexity index is 1220. The number of carbonyl (C=O) groups excluding carboxylic acids is 2. The molecular formula is C42H60O6. The molecule has 1 aliphatic rings. The smallest absolute Gasteiger partial charge is 0.310 e. The summed E-state index contributed by atoms with van der Waals surface area (Å²) in [6.07, 6.45) is 10.3. The van der Waals surface area contributed by atoms with E-state index in [9.17, 15) is 9.59 Å². The normalized spacial score (nSPS) is 25.1. The summed E-state index contributed by atoms with van der Waals surface area (Å²) in [5.41, 5.74) is 1.91. The number of carbonyl (C=O) groups is 2. The van der Waals surface area contributed by atoms with Crippen LogP contribution in [0.2, 0.25) is 0 Å². The van der Waals surface area contributed by atoms with Crippen molar-refractivity contribution in [3.05, 3.63) is 84.0 Å². The fourth-order valence-electron chi connectivity index (χ4n) is 6.58.